The van der Waals surface area contributed by atoms with Crippen molar-refractivity contribution < 1.29 is 9.32 Å². The quantitative estimate of drug-likeness (QED) is 0.523. The van der Waals surface area contributed by atoms with E-state index in [4.69, 9.17) is 4.52 Å². The lowest BCUT2D eigenvalue weighted by atomic mass is 9.90. The summed E-state index contributed by atoms with van der Waals surface area (Å²) in [6.07, 6.45) is 8.85. The molecule has 5 rings (SSSR count). The number of carbonyl (C=O) groups excluding carboxylic acids is 1. The van der Waals surface area contributed by atoms with Gasteiger partial charge in [-0.25, -0.2) is 0 Å². The summed E-state index contributed by atoms with van der Waals surface area (Å²) in [5, 5.41) is 4.16. The van der Waals surface area contributed by atoms with Crippen LogP contribution in [0, 0.1) is 0 Å². The molecule has 8 heteroatoms. The molecule has 150 valence electrons. The molecule has 1 aliphatic heterocycles. The predicted octanol–water partition coefficient (Wildman–Crippen LogP) is 2.89. The molecule has 1 saturated heterocycles. The van der Waals surface area contributed by atoms with Crippen molar-refractivity contribution in [2.75, 3.05) is 13.1 Å². The summed E-state index contributed by atoms with van der Waals surface area (Å²) in [6, 6.07) is 11.3. The number of hydrogen-bond acceptors (Lipinski definition) is 6. The van der Waals surface area contributed by atoms with Gasteiger partial charge in [0.25, 0.3) is 5.91 Å². The standard InChI is InChI=1S/C22H20N6O2/c1-27-11-3-5-19(27)22(29)28-13-17(16-4-2-8-24-12-16)18(14-28)21-25-20(26-30-21)15-6-9-23-10-7-15/h2-12,17-18H,13-14H2,1H3/t17-,18+/m0/s1. The summed E-state index contributed by atoms with van der Waals surface area (Å²) >= 11 is 0. The Bertz CT molecular complexity index is 1150. The van der Waals surface area contributed by atoms with Gasteiger partial charge in [0.15, 0.2) is 0 Å². The maximum absolute atomic E-state index is 13.1. The Kier molecular flexibility index (Phi) is 4.59. The first-order valence-electron chi connectivity index (χ1n) is 9.75. The van der Waals surface area contributed by atoms with Gasteiger partial charge in [-0.05, 0) is 35.9 Å². The zero-order valence-electron chi connectivity index (χ0n) is 16.4. The van der Waals surface area contributed by atoms with Gasteiger partial charge in [0.2, 0.25) is 11.7 Å². The highest BCUT2D eigenvalue weighted by Gasteiger charge is 2.41. The highest BCUT2D eigenvalue weighted by atomic mass is 16.5. The first-order valence-corrected chi connectivity index (χ1v) is 9.75. The Morgan fingerprint density at radius 2 is 1.87 bits per heavy atom. The average Bonchev–Trinajstić information content (AvgIpc) is 3.53. The number of carbonyl (C=O) groups is 1. The van der Waals surface area contributed by atoms with Gasteiger partial charge in [-0.3, -0.25) is 14.8 Å². The third kappa shape index (κ3) is 3.26. The molecule has 0 radical (unpaired) electrons. The van der Waals surface area contributed by atoms with Crippen molar-refractivity contribution in [1.82, 2.24) is 29.6 Å². The molecule has 1 aliphatic rings. The van der Waals surface area contributed by atoms with Crippen LogP contribution in [0.4, 0.5) is 0 Å². The molecule has 0 spiro atoms. The lowest BCUT2D eigenvalue weighted by Gasteiger charge is -2.16. The van der Waals surface area contributed by atoms with Crippen molar-refractivity contribution in [2.45, 2.75) is 11.8 Å². The molecule has 5 heterocycles. The monoisotopic (exact) mass is 400 g/mol. The maximum Gasteiger partial charge on any atom is 0.270 e. The molecule has 0 bridgehead atoms. The fraction of sp³-hybridized carbons (Fsp3) is 0.227. The summed E-state index contributed by atoms with van der Waals surface area (Å²) in [5.41, 5.74) is 2.55. The first-order chi connectivity index (χ1) is 14.7. The van der Waals surface area contributed by atoms with E-state index in [0.29, 0.717) is 30.5 Å². The molecule has 0 saturated carbocycles. The molecule has 0 unspecified atom stereocenters. The van der Waals surface area contributed by atoms with E-state index in [1.807, 2.05) is 65.3 Å². The zero-order valence-corrected chi connectivity index (χ0v) is 16.4. The predicted molar refractivity (Wildman–Crippen MR) is 109 cm³/mol. The second kappa shape index (κ2) is 7.55. The highest BCUT2D eigenvalue weighted by Crippen LogP contribution is 2.39. The normalized spacial score (nSPS) is 18.6. The van der Waals surface area contributed by atoms with Gasteiger partial charge in [-0.1, -0.05) is 11.2 Å². The van der Waals surface area contributed by atoms with Gasteiger partial charge in [0.05, 0.1) is 5.92 Å². The molecule has 0 aromatic carbocycles. The number of pyridine rings is 2. The van der Waals surface area contributed by atoms with Crippen molar-refractivity contribution in [1.29, 1.82) is 0 Å². The first kappa shape index (κ1) is 18.2. The highest BCUT2D eigenvalue weighted by molar-refractivity contribution is 5.93. The van der Waals surface area contributed by atoms with Gasteiger partial charge in [0.1, 0.15) is 5.69 Å². The maximum atomic E-state index is 13.1. The summed E-state index contributed by atoms with van der Waals surface area (Å²) in [5.74, 6) is 0.949. The molecule has 2 atom stereocenters. The number of likely N-dealkylation sites (tertiary alicyclic amines) is 1. The minimum atomic E-state index is -0.110. The largest absolute Gasteiger partial charge is 0.347 e. The average molecular weight is 400 g/mol. The third-order valence-electron chi connectivity index (χ3n) is 5.58. The lowest BCUT2D eigenvalue weighted by Crippen LogP contribution is -2.30. The molecular formula is C22H20N6O2. The zero-order chi connectivity index (χ0) is 20.5. The van der Waals surface area contributed by atoms with Crippen molar-refractivity contribution >= 4 is 5.91 Å². The van der Waals surface area contributed by atoms with Crippen molar-refractivity contribution in [2.24, 2.45) is 7.05 Å². The smallest absolute Gasteiger partial charge is 0.270 e. The van der Waals surface area contributed by atoms with Crippen LogP contribution in [0.1, 0.15) is 33.8 Å². The van der Waals surface area contributed by atoms with E-state index in [-0.39, 0.29) is 17.7 Å². The Hall–Kier alpha value is -3.81. The molecule has 30 heavy (non-hydrogen) atoms. The van der Waals surface area contributed by atoms with Crippen LogP contribution in [0.15, 0.2) is 71.9 Å². The van der Waals surface area contributed by atoms with E-state index in [1.165, 1.54) is 0 Å². The van der Waals surface area contributed by atoms with Crippen LogP contribution in [0.25, 0.3) is 11.4 Å². The van der Waals surface area contributed by atoms with Crippen LogP contribution in [0.5, 0.6) is 0 Å². The number of hydrogen-bond donors (Lipinski definition) is 0. The summed E-state index contributed by atoms with van der Waals surface area (Å²) in [6.45, 7) is 1.06. The van der Waals surface area contributed by atoms with Gasteiger partial charge >= 0.3 is 0 Å². The van der Waals surface area contributed by atoms with Crippen LogP contribution < -0.4 is 0 Å². The van der Waals surface area contributed by atoms with E-state index in [2.05, 4.69) is 20.1 Å². The van der Waals surface area contributed by atoms with Gasteiger partial charge < -0.3 is 14.0 Å². The number of amides is 1. The second-order valence-electron chi connectivity index (χ2n) is 7.41. The van der Waals surface area contributed by atoms with E-state index in [0.717, 1.165) is 11.1 Å². The van der Waals surface area contributed by atoms with Crippen LogP contribution in [0.3, 0.4) is 0 Å². The fourth-order valence-corrected chi connectivity index (χ4v) is 4.00. The number of rotatable bonds is 4. The van der Waals surface area contributed by atoms with Gasteiger partial charge in [-0.15, -0.1) is 0 Å². The third-order valence-corrected chi connectivity index (χ3v) is 5.58. The van der Waals surface area contributed by atoms with E-state index >= 15 is 0 Å². The van der Waals surface area contributed by atoms with Crippen molar-refractivity contribution in [3.8, 4) is 11.4 Å². The lowest BCUT2D eigenvalue weighted by molar-refractivity contribution is 0.0778. The van der Waals surface area contributed by atoms with E-state index in [1.54, 1.807) is 18.6 Å². The fourth-order valence-electron chi connectivity index (χ4n) is 4.00. The number of aryl methyl sites for hydroxylation is 1. The van der Waals surface area contributed by atoms with Crippen molar-refractivity contribution in [3.63, 3.8) is 0 Å². The molecule has 0 aliphatic carbocycles. The van der Waals surface area contributed by atoms with Crippen LogP contribution in [0.2, 0.25) is 0 Å². The van der Waals surface area contributed by atoms with E-state index < -0.39 is 0 Å². The topological polar surface area (TPSA) is 89.9 Å². The Balaban J connectivity index is 1.48. The van der Waals surface area contributed by atoms with Gasteiger partial charge in [-0.2, -0.15) is 4.98 Å². The van der Waals surface area contributed by atoms with E-state index in [9.17, 15) is 4.79 Å². The number of aromatic nitrogens is 5. The summed E-state index contributed by atoms with van der Waals surface area (Å²) in [4.78, 5) is 27.9. The molecule has 1 amide bonds. The summed E-state index contributed by atoms with van der Waals surface area (Å²) < 4.78 is 7.49. The van der Waals surface area contributed by atoms with Gasteiger partial charge in [0, 0.05) is 62.6 Å². The molecule has 4 aromatic rings. The molecule has 4 aromatic heterocycles. The number of nitrogens with zero attached hydrogens (tertiary/aromatic N) is 6. The minimum absolute atomic E-state index is 0.00670. The van der Waals surface area contributed by atoms with Crippen LogP contribution >= 0.6 is 0 Å². The van der Waals surface area contributed by atoms with Crippen LogP contribution in [-0.4, -0.2) is 48.6 Å². The Morgan fingerprint density at radius 1 is 1.03 bits per heavy atom. The van der Waals surface area contributed by atoms with Crippen molar-refractivity contribution in [3.05, 3.63) is 84.5 Å². The summed E-state index contributed by atoms with van der Waals surface area (Å²) in [7, 11) is 1.87. The molecule has 0 N–H and O–H groups in total. The Morgan fingerprint density at radius 3 is 2.60 bits per heavy atom. The minimum Gasteiger partial charge on any atom is -0.347 e. The van der Waals surface area contributed by atoms with Crippen LogP contribution in [-0.2, 0) is 7.05 Å². The Labute approximate surface area is 173 Å². The SMILES string of the molecule is Cn1cccc1C(=O)N1C[C@@H](c2cccnc2)[C@H](c2nc(-c3ccncc3)no2)C1. The molecule has 1 fully saturated rings. The molecule has 8 nitrogen and oxygen atoms in total. The molecular weight excluding hydrogens is 380 g/mol. The second-order valence-corrected chi connectivity index (χ2v) is 7.41.